The van der Waals surface area contributed by atoms with E-state index >= 15 is 0 Å². The molecule has 0 bridgehead atoms. The summed E-state index contributed by atoms with van der Waals surface area (Å²) in [5.74, 6) is 2.36. The maximum atomic E-state index is 4.31. The number of likely N-dealkylation sites (tertiary alicyclic amines) is 1. The topological polar surface area (TPSA) is 70.4 Å². The summed E-state index contributed by atoms with van der Waals surface area (Å²) < 4.78 is 1.77. The third-order valence-electron chi connectivity index (χ3n) is 4.56. The molecule has 1 unspecified atom stereocenters. The second kappa shape index (κ2) is 8.96. The van der Waals surface area contributed by atoms with Crippen molar-refractivity contribution in [2.45, 2.75) is 25.9 Å². The van der Waals surface area contributed by atoms with Crippen LogP contribution in [0, 0.1) is 5.92 Å². The van der Waals surface area contributed by atoms with Crippen molar-refractivity contribution in [1.82, 2.24) is 30.3 Å². The van der Waals surface area contributed by atoms with Gasteiger partial charge in [0, 0.05) is 38.6 Å². The molecule has 2 aromatic heterocycles. The minimum atomic E-state index is 0.616. The number of rotatable bonds is 6. The molecular formula is C17H27N7S. The highest BCUT2D eigenvalue weighted by molar-refractivity contribution is 7.09. The standard InChI is InChI=1S/C17H27N7S/c1-18-17(20-10-16-21-13-22-23(16)2)19-9-14-5-3-7-24(11-14)12-15-6-4-8-25-15/h4,6,8,13-14H,3,5,7,9-12H2,1-2H3,(H2,18,19,20). The molecule has 25 heavy (non-hydrogen) atoms. The van der Waals surface area contributed by atoms with Crippen LogP contribution in [0.5, 0.6) is 0 Å². The summed E-state index contributed by atoms with van der Waals surface area (Å²) in [6.07, 6.45) is 4.11. The second-order valence-corrected chi connectivity index (χ2v) is 7.46. The van der Waals surface area contributed by atoms with E-state index in [0.717, 1.165) is 31.4 Å². The first-order chi connectivity index (χ1) is 12.2. The van der Waals surface area contributed by atoms with Crippen LogP contribution in [0.1, 0.15) is 23.5 Å². The van der Waals surface area contributed by atoms with Crippen LogP contribution >= 0.6 is 11.3 Å². The Morgan fingerprint density at radius 3 is 3.08 bits per heavy atom. The molecule has 3 heterocycles. The van der Waals surface area contributed by atoms with Gasteiger partial charge in [-0.3, -0.25) is 14.6 Å². The van der Waals surface area contributed by atoms with E-state index in [9.17, 15) is 0 Å². The van der Waals surface area contributed by atoms with Crippen LogP contribution in [-0.2, 0) is 20.1 Å². The van der Waals surface area contributed by atoms with Gasteiger partial charge in [0.2, 0.25) is 0 Å². The highest BCUT2D eigenvalue weighted by Gasteiger charge is 2.20. The summed E-state index contributed by atoms with van der Waals surface area (Å²) >= 11 is 1.85. The van der Waals surface area contributed by atoms with E-state index < -0.39 is 0 Å². The van der Waals surface area contributed by atoms with Gasteiger partial charge in [0.05, 0.1) is 6.54 Å². The Morgan fingerprint density at radius 1 is 1.44 bits per heavy atom. The zero-order valence-corrected chi connectivity index (χ0v) is 15.8. The van der Waals surface area contributed by atoms with Crippen LogP contribution < -0.4 is 10.6 Å². The molecule has 8 heteroatoms. The van der Waals surface area contributed by atoms with Crippen LogP contribution in [0.4, 0.5) is 0 Å². The SMILES string of the molecule is CN=C(NCc1ncnn1C)NCC1CCCN(Cc2cccs2)C1. The molecular weight excluding hydrogens is 334 g/mol. The van der Waals surface area contributed by atoms with Gasteiger partial charge in [-0.15, -0.1) is 11.3 Å². The van der Waals surface area contributed by atoms with Crippen LogP contribution in [0.2, 0.25) is 0 Å². The van der Waals surface area contributed by atoms with Gasteiger partial charge < -0.3 is 10.6 Å². The number of hydrogen-bond donors (Lipinski definition) is 2. The third kappa shape index (κ3) is 5.27. The van der Waals surface area contributed by atoms with E-state index in [2.05, 4.69) is 48.1 Å². The minimum absolute atomic E-state index is 0.616. The number of nitrogens with one attached hydrogen (secondary N) is 2. The number of guanidine groups is 1. The van der Waals surface area contributed by atoms with Crippen LogP contribution in [0.25, 0.3) is 0 Å². The zero-order chi connectivity index (χ0) is 17.5. The van der Waals surface area contributed by atoms with Gasteiger partial charge in [-0.1, -0.05) is 6.07 Å². The molecule has 1 aliphatic heterocycles. The molecule has 1 atom stereocenters. The van der Waals surface area contributed by atoms with Gasteiger partial charge in [-0.05, 0) is 36.8 Å². The maximum Gasteiger partial charge on any atom is 0.191 e. The molecule has 0 saturated carbocycles. The maximum absolute atomic E-state index is 4.31. The lowest BCUT2D eigenvalue weighted by Crippen LogP contribution is -2.44. The predicted octanol–water partition coefficient (Wildman–Crippen LogP) is 1.45. The van der Waals surface area contributed by atoms with Crippen molar-refractivity contribution >= 4 is 17.3 Å². The number of thiophene rings is 1. The molecule has 0 amide bonds. The molecule has 1 fully saturated rings. The van der Waals surface area contributed by atoms with Crippen molar-refractivity contribution < 1.29 is 0 Å². The first-order valence-corrected chi connectivity index (χ1v) is 9.64. The normalized spacial score (nSPS) is 19.1. The Kier molecular flexibility index (Phi) is 6.41. The fraction of sp³-hybridized carbons (Fsp3) is 0.588. The highest BCUT2D eigenvalue weighted by atomic mass is 32.1. The van der Waals surface area contributed by atoms with Crippen molar-refractivity contribution in [3.63, 3.8) is 0 Å². The largest absolute Gasteiger partial charge is 0.356 e. The molecule has 3 rings (SSSR count). The number of aromatic nitrogens is 3. The average Bonchev–Trinajstić information content (AvgIpc) is 3.27. The summed E-state index contributed by atoms with van der Waals surface area (Å²) in [6.45, 7) is 4.98. The van der Waals surface area contributed by atoms with E-state index in [-0.39, 0.29) is 0 Å². The van der Waals surface area contributed by atoms with Gasteiger partial charge in [-0.25, -0.2) is 4.98 Å². The summed E-state index contributed by atoms with van der Waals surface area (Å²) in [5.41, 5.74) is 0. The highest BCUT2D eigenvalue weighted by Crippen LogP contribution is 2.19. The van der Waals surface area contributed by atoms with E-state index in [0.29, 0.717) is 12.5 Å². The lowest BCUT2D eigenvalue weighted by molar-refractivity contribution is 0.169. The Balaban J connectivity index is 1.42. The Hall–Kier alpha value is -1.93. The molecule has 0 aromatic carbocycles. The minimum Gasteiger partial charge on any atom is -0.356 e. The van der Waals surface area contributed by atoms with Gasteiger partial charge >= 0.3 is 0 Å². The number of piperidine rings is 1. The number of hydrogen-bond acceptors (Lipinski definition) is 5. The zero-order valence-electron chi connectivity index (χ0n) is 15.0. The summed E-state index contributed by atoms with van der Waals surface area (Å²) in [4.78, 5) is 12.5. The molecule has 7 nitrogen and oxygen atoms in total. The third-order valence-corrected chi connectivity index (χ3v) is 5.42. The summed E-state index contributed by atoms with van der Waals surface area (Å²) in [7, 11) is 3.69. The van der Waals surface area contributed by atoms with E-state index in [4.69, 9.17) is 0 Å². The molecule has 2 aromatic rings. The van der Waals surface area contributed by atoms with Gasteiger partial charge in [0.1, 0.15) is 12.2 Å². The van der Waals surface area contributed by atoms with Crippen molar-refractivity contribution in [3.8, 4) is 0 Å². The summed E-state index contributed by atoms with van der Waals surface area (Å²) in [5, 5.41) is 13.0. The van der Waals surface area contributed by atoms with Crippen molar-refractivity contribution in [1.29, 1.82) is 0 Å². The molecule has 1 aliphatic rings. The first kappa shape index (κ1) is 17.9. The Labute approximate surface area is 153 Å². The molecule has 2 N–H and O–H groups in total. The smallest absolute Gasteiger partial charge is 0.191 e. The lowest BCUT2D eigenvalue weighted by atomic mass is 9.98. The number of aryl methyl sites for hydroxylation is 1. The lowest BCUT2D eigenvalue weighted by Gasteiger charge is -2.32. The van der Waals surface area contributed by atoms with Crippen LogP contribution in [0.3, 0.4) is 0 Å². The average molecular weight is 362 g/mol. The van der Waals surface area contributed by atoms with Crippen molar-refractivity contribution in [2.24, 2.45) is 18.0 Å². The van der Waals surface area contributed by atoms with E-state index in [1.54, 1.807) is 18.1 Å². The van der Waals surface area contributed by atoms with Gasteiger partial charge in [0.15, 0.2) is 5.96 Å². The van der Waals surface area contributed by atoms with Crippen molar-refractivity contribution in [2.75, 3.05) is 26.7 Å². The Bertz CT molecular complexity index is 664. The molecule has 0 spiro atoms. The van der Waals surface area contributed by atoms with Crippen LogP contribution in [-0.4, -0.2) is 52.3 Å². The quantitative estimate of drug-likeness (QED) is 0.602. The molecule has 0 aliphatic carbocycles. The molecule has 136 valence electrons. The van der Waals surface area contributed by atoms with Crippen LogP contribution in [0.15, 0.2) is 28.8 Å². The van der Waals surface area contributed by atoms with Gasteiger partial charge in [-0.2, -0.15) is 5.10 Å². The number of aliphatic imine (C=N–C) groups is 1. The second-order valence-electron chi connectivity index (χ2n) is 6.43. The molecule has 1 saturated heterocycles. The Morgan fingerprint density at radius 2 is 2.36 bits per heavy atom. The summed E-state index contributed by atoms with van der Waals surface area (Å²) in [6, 6.07) is 4.36. The van der Waals surface area contributed by atoms with E-state index in [1.165, 1.54) is 24.3 Å². The fourth-order valence-electron chi connectivity index (χ4n) is 3.19. The predicted molar refractivity (Wildman–Crippen MR) is 102 cm³/mol. The van der Waals surface area contributed by atoms with E-state index in [1.807, 2.05) is 18.4 Å². The van der Waals surface area contributed by atoms with Crippen molar-refractivity contribution in [3.05, 3.63) is 34.5 Å². The molecule has 0 radical (unpaired) electrons. The number of nitrogens with zero attached hydrogens (tertiary/aromatic N) is 5. The van der Waals surface area contributed by atoms with Gasteiger partial charge in [0.25, 0.3) is 0 Å². The monoisotopic (exact) mass is 361 g/mol. The first-order valence-electron chi connectivity index (χ1n) is 8.76. The fourth-order valence-corrected chi connectivity index (χ4v) is 3.94.